The second-order valence-electron chi connectivity index (χ2n) is 1.41. The van der Waals surface area contributed by atoms with Gasteiger partial charge in [0, 0.05) is 0 Å². The van der Waals surface area contributed by atoms with Gasteiger partial charge in [0.2, 0.25) is 0 Å². The zero-order valence-corrected chi connectivity index (χ0v) is 4.24. The SMILES string of the molecule is CCCCC[3O]. The number of rotatable bonds is 3. The zero-order chi connectivity index (χ0) is 4.83. The molecule has 0 atom stereocenters. The van der Waals surface area contributed by atoms with Crippen LogP contribution >= 0.6 is 0 Å². The monoisotopic (exact) mass is 74.1 g/mol. The molecule has 0 heterocycles. The smallest absolute Gasteiger partial charge is 0.0822 e. The fourth-order valence-corrected chi connectivity index (χ4v) is 0.352. The van der Waals surface area contributed by atoms with Gasteiger partial charge >= 0.3 is 0 Å². The van der Waals surface area contributed by atoms with E-state index in [4.69, 9.17) is 0 Å². The third kappa shape index (κ3) is 3.96. The second kappa shape index (κ2) is 4.96. The van der Waals surface area contributed by atoms with Crippen LogP contribution in [0.2, 0.25) is 0 Å². The van der Waals surface area contributed by atoms with Crippen LogP contribution in [0.5, 0.6) is 0 Å². The summed E-state index contributed by atoms with van der Waals surface area (Å²) in [4.78, 5) is 0. The summed E-state index contributed by atoms with van der Waals surface area (Å²) in [6.07, 6.45) is 3.11. The normalized spacial score (nSPS) is 9.00. The first-order valence-electron chi connectivity index (χ1n) is 2.50. The number of unbranched alkanes of at least 4 members (excludes halogenated alkanes) is 2. The van der Waals surface area contributed by atoms with Crippen LogP contribution < -0.4 is 0 Å². The molecular formula is C5H11O. The van der Waals surface area contributed by atoms with Crippen molar-refractivity contribution in [3.8, 4) is 0 Å². The molecule has 6 heavy (non-hydrogen) atoms. The molecule has 0 saturated heterocycles. The third-order valence-electron chi connectivity index (χ3n) is 0.748. The van der Waals surface area contributed by atoms with Crippen LogP contribution in [0.15, 0.2) is 0 Å². The Kier molecular flexibility index (Phi) is 4.93. The maximum absolute atomic E-state index is 9.69. The average Bonchev–Trinajstić information content (AvgIpc) is 1.61. The van der Waals surface area contributed by atoms with Crippen LogP contribution in [0.1, 0.15) is 26.2 Å². The molecule has 1 radical (unpaired) electrons. The van der Waals surface area contributed by atoms with Crippen molar-refractivity contribution in [3.63, 3.8) is 0 Å². The Morgan fingerprint density at radius 3 is 2.17 bits per heavy atom. The molecule has 0 aliphatic heterocycles. The van der Waals surface area contributed by atoms with Gasteiger partial charge in [-0.25, -0.2) is 5.11 Å². The van der Waals surface area contributed by atoms with E-state index >= 15 is 0 Å². The van der Waals surface area contributed by atoms with Gasteiger partial charge in [0.15, 0.2) is 0 Å². The third-order valence-corrected chi connectivity index (χ3v) is 0.748. The molecule has 1 heteroatoms. The molecule has 0 unspecified atom stereocenters. The Bertz CT molecular complexity index is 15.9. The molecule has 0 rings (SSSR count). The van der Waals surface area contributed by atoms with E-state index in [1.165, 1.54) is 0 Å². The van der Waals surface area contributed by atoms with Gasteiger partial charge in [0.25, 0.3) is 0 Å². The van der Waals surface area contributed by atoms with Crippen molar-refractivity contribution in [3.05, 3.63) is 0 Å². The van der Waals surface area contributed by atoms with E-state index in [2.05, 4.69) is 6.92 Å². The molecule has 0 amide bonds. The molecule has 0 fully saturated rings. The molecule has 0 aromatic carbocycles. The molecule has 0 aliphatic carbocycles. The minimum Gasteiger partial charge on any atom is -0.237 e. The summed E-state index contributed by atoms with van der Waals surface area (Å²) in [5, 5.41) is 9.69. The Hall–Kier alpha value is -0.0400. The first kappa shape index (κ1) is 5.96. The highest BCUT2D eigenvalue weighted by molar-refractivity contribution is 4.30. The minimum atomic E-state index is 0.105. The summed E-state index contributed by atoms with van der Waals surface area (Å²) in [5.74, 6) is 0. The Morgan fingerprint density at radius 2 is 2.00 bits per heavy atom. The van der Waals surface area contributed by atoms with Crippen molar-refractivity contribution in [2.24, 2.45) is 0 Å². The minimum absolute atomic E-state index is 0.105. The lowest BCUT2D eigenvalue weighted by atomic mass is 2.89. The Labute approximate surface area is 39.0 Å². The highest BCUT2D eigenvalue weighted by atomic mass is 13.8. The molecule has 0 N–H and O–H groups in total. The van der Waals surface area contributed by atoms with Crippen LogP contribution in [0, 0.1) is 0 Å². The molecule has 37 valence electrons. The zero-order valence-electron chi connectivity index (χ0n) is 4.24. The summed E-state index contributed by atoms with van der Waals surface area (Å²) in [6.45, 7) is 2.20. The molecular weight excluding hydrogens is 63.1 g/mol. The van der Waals surface area contributed by atoms with E-state index in [0.29, 0.717) is 0 Å². The summed E-state index contributed by atoms with van der Waals surface area (Å²) >= 11 is 0. The van der Waals surface area contributed by atoms with Crippen LogP contribution in [0.4, 0.5) is 0 Å². The van der Waals surface area contributed by atoms with E-state index in [-0.39, 0.29) is 6.61 Å². The highest BCUT2D eigenvalue weighted by Gasteiger charge is 1.77. The predicted octanol–water partition coefficient (Wildman–Crippen LogP) is 1.61. The van der Waals surface area contributed by atoms with Crippen molar-refractivity contribution in [2.45, 2.75) is 26.2 Å². The average molecular weight is 74.1 g/mol. The van der Waals surface area contributed by atoms with E-state index in [1.807, 2.05) is 0 Å². The van der Waals surface area contributed by atoms with Crippen LogP contribution in [0.25, 0.3) is 0 Å². The Balaban J connectivity index is 2.34. The molecule has 0 saturated carbocycles. The van der Waals surface area contributed by atoms with Gasteiger partial charge in [0.05, 0.1) is 6.61 Å². The molecule has 0 aliphatic rings. The van der Waals surface area contributed by atoms with Crippen LogP contribution in [-0.4, -0.2) is 6.61 Å². The molecule has 0 aromatic rings. The van der Waals surface area contributed by atoms with Gasteiger partial charge < -0.3 is 0 Å². The number of hydrogen-bond donors (Lipinski definition) is 0. The van der Waals surface area contributed by atoms with Gasteiger partial charge in [-0.15, -0.1) is 0 Å². The molecule has 0 spiro atoms. The van der Waals surface area contributed by atoms with Gasteiger partial charge in [-0.05, 0) is 6.42 Å². The van der Waals surface area contributed by atoms with E-state index in [1.54, 1.807) is 0 Å². The topological polar surface area (TPSA) is 19.9 Å². The lowest BCUT2D eigenvalue weighted by Gasteiger charge is -1.84. The van der Waals surface area contributed by atoms with Crippen molar-refractivity contribution in [1.82, 2.24) is 0 Å². The van der Waals surface area contributed by atoms with Crippen molar-refractivity contribution in [1.29, 1.82) is 0 Å². The van der Waals surface area contributed by atoms with Gasteiger partial charge in [-0.1, -0.05) is 19.8 Å². The highest BCUT2D eigenvalue weighted by Crippen LogP contribution is 1.89. The molecule has 0 bridgehead atoms. The summed E-state index contributed by atoms with van der Waals surface area (Å²) in [6, 6.07) is 0. The fourth-order valence-electron chi connectivity index (χ4n) is 0.352. The second-order valence-corrected chi connectivity index (χ2v) is 1.41. The van der Waals surface area contributed by atoms with E-state index < -0.39 is 0 Å². The standard InChI is InChI=1S/C5H11O/c1-2-3-4-5-6/h2-5H2,1H3/i6-13. The first-order chi connectivity index (χ1) is 2.91. The van der Waals surface area contributed by atoms with Crippen molar-refractivity contribution in [2.75, 3.05) is 6.61 Å². The van der Waals surface area contributed by atoms with Crippen LogP contribution in [-0.2, 0) is 5.11 Å². The van der Waals surface area contributed by atoms with Crippen molar-refractivity contribution < 1.29 is 5.11 Å². The number of hydrogen-bond acceptors (Lipinski definition) is 0. The quantitative estimate of drug-likeness (QED) is 0.453. The predicted molar refractivity (Wildman–Crippen MR) is 25.1 cm³/mol. The van der Waals surface area contributed by atoms with E-state index in [9.17, 15) is 5.11 Å². The van der Waals surface area contributed by atoms with Gasteiger partial charge in [-0.3, -0.25) is 0 Å². The maximum Gasteiger partial charge on any atom is 0.0822 e. The Morgan fingerprint density at radius 1 is 1.33 bits per heavy atom. The van der Waals surface area contributed by atoms with Crippen molar-refractivity contribution >= 4 is 0 Å². The molecule has 1 nitrogen and oxygen atoms in total. The van der Waals surface area contributed by atoms with Gasteiger partial charge in [-0.2, -0.15) is 0 Å². The summed E-state index contributed by atoms with van der Waals surface area (Å²) < 4.78 is 0. The largest absolute Gasteiger partial charge is 0.237 e. The fraction of sp³-hybridized carbons (Fsp3) is 1.00. The van der Waals surface area contributed by atoms with E-state index in [0.717, 1.165) is 19.3 Å². The first-order valence-corrected chi connectivity index (χ1v) is 2.50. The maximum atomic E-state index is 9.69. The lowest BCUT2D eigenvalue weighted by Crippen LogP contribution is -1.76. The van der Waals surface area contributed by atoms with Gasteiger partial charge in [0.1, 0.15) is 0 Å². The lowest BCUT2D eigenvalue weighted by molar-refractivity contribution is 0.186. The summed E-state index contributed by atoms with van der Waals surface area (Å²) in [5.41, 5.74) is 0. The molecule has 0 aromatic heterocycles. The summed E-state index contributed by atoms with van der Waals surface area (Å²) in [7, 11) is 0. The van der Waals surface area contributed by atoms with Crippen LogP contribution in [0.3, 0.4) is 0 Å².